The molecule has 2 aliphatic heterocycles. The smallest absolute Gasteiger partial charge is 0.309 e. The number of esters is 1. The van der Waals surface area contributed by atoms with E-state index in [4.69, 9.17) is 4.74 Å². The molecule has 0 radical (unpaired) electrons. The van der Waals surface area contributed by atoms with Crippen molar-refractivity contribution in [2.24, 2.45) is 5.92 Å². The van der Waals surface area contributed by atoms with Crippen LogP contribution in [0.3, 0.4) is 0 Å². The molecule has 0 aliphatic carbocycles. The van der Waals surface area contributed by atoms with Crippen LogP contribution in [0, 0.1) is 5.92 Å². The van der Waals surface area contributed by atoms with Gasteiger partial charge in [-0.05, 0) is 36.8 Å². The van der Waals surface area contributed by atoms with Crippen molar-refractivity contribution in [2.45, 2.75) is 76.3 Å². The van der Waals surface area contributed by atoms with Crippen molar-refractivity contribution in [2.75, 3.05) is 23.5 Å². The van der Waals surface area contributed by atoms with Gasteiger partial charge in [0.25, 0.3) is 0 Å². The van der Waals surface area contributed by atoms with Crippen LogP contribution in [-0.2, 0) is 23.9 Å². The molecule has 0 spiro atoms. The molecule has 6 atom stereocenters. The van der Waals surface area contributed by atoms with Gasteiger partial charge < -0.3 is 25.8 Å². The average molecular weight is 548 g/mol. The second-order valence-electron chi connectivity index (χ2n) is 8.71. The number of hydrogen-bond donors (Lipinski definition) is 4. The van der Waals surface area contributed by atoms with Gasteiger partial charge in [0.15, 0.2) is 0 Å². The summed E-state index contributed by atoms with van der Waals surface area (Å²) in [6.07, 6.45) is 4.75. The molecule has 2 aliphatic rings. The van der Waals surface area contributed by atoms with Crippen molar-refractivity contribution in [3.05, 3.63) is 12.2 Å². The Hall–Kier alpha value is -1.37. The van der Waals surface area contributed by atoms with E-state index >= 15 is 0 Å². The lowest BCUT2D eigenvalue weighted by molar-refractivity contribution is -0.151. The first-order valence-electron chi connectivity index (χ1n) is 11.9. The second-order valence-corrected chi connectivity index (χ2v) is 12.3. The van der Waals surface area contributed by atoms with Gasteiger partial charge in [-0.25, -0.2) is 0 Å². The summed E-state index contributed by atoms with van der Waals surface area (Å²) < 4.78 is 5.54. The first-order chi connectivity index (χ1) is 16.7. The minimum atomic E-state index is -1.18. The number of hydrogen-bond acceptors (Lipinski definition) is 9. The maximum absolute atomic E-state index is 13.3. The number of thioether (sulfide) groups is 1. The number of aliphatic hydroxyl groups is 1. The highest BCUT2D eigenvalue weighted by Crippen LogP contribution is 2.24. The number of ether oxygens (including phenoxy) is 1. The van der Waals surface area contributed by atoms with Crippen LogP contribution in [0.4, 0.5) is 0 Å². The number of fused-ring (bicyclic) bond motifs is 7. The third-order valence-corrected chi connectivity index (χ3v) is 9.05. The molecule has 0 aromatic carbocycles. The molecule has 6 unspecified atom stereocenters. The van der Waals surface area contributed by atoms with Crippen molar-refractivity contribution < 1.29 is 29.0 Å². The zero-order valence-corrected chi connectivity index (χ0v) is 22.9. The Morgan fingerprint density at radius 2 is 1.91 bits per heavy atom. The van der Waals surface area contributed by atoms with E-state index in [1.807, 2.05) is 26.2 Å². The van der Waals surface area contributed by atoms with E-state index in [1.54, 1.807) is 28.6 Å². The van der Waals surface area contributed by atoms with Crippen LogP contribution in [0.5, 0.6) is 0 Å². The standard InChI is InChI=1S/C23H37N3O6S3/c1-4-14(2)21-18(27)12-20(29)32-15-7-5-6-9-34-35-13-17(23(31)26-21)25-22(30)16(8-10-33-3)24-19(28)11-15/h5,7,14-18,21,27H,4,6,8-13H2,1-3H3,(H,24,28)(H,25,30)(H,26,31)/b7-5-. The fourth-order valence-corrected chi connectivity index (χ4v) is 6.36. The summed E-state index contributed by atoms with van der Waals surface area (Å²) in [5.41, 5.74) is 0. The zero-order valence-electron chi connectivity index (χ0n) is 20.5. The molecule has 4 N–H and O–H groups in total. The summed E-state index contributed by atoms with van der Waals surface area (Å²) in [7, 11) is 3.05. The molecular weight excluding hydrogens is 510 g/mol. The molecule has 35 heavy (non-hydrogen) atoms. The molecule has 9 nitrogen and oxygen atoms in total. The normalized spacial score (nSPS) is 31.5. The summed E-state index contributed by atoms with van der Waals surface area (Å²) in [5, 5.41) is 19.3. The van der Waals surface area contributed by atoms with Gasteiger partial charge in [-0.1, -0.05) is 47.9 Å². The summed E-state index contributed by atoms with van der Waals surface area (Å²) in [5.74, 6) is -0.362. The van der Waals surface area contributed by atoms with Crippen molar-refractivity contribution in [3.63, 3.8) is 0 Å². The number of aliphatic hydroxyl groups excluding tert-OH is 1. The van der Waals surface area contributed by atoms with Gasteiger partial charge in [-0.3, -0.25) is 19.2 Å². The van der Waals surface area contributed by atoms with Crippen LogP contribution in [0.15, 0.2) is 12.2 Å². The highest BCUT2D eigenvalue weighted by molar-refractivity contribution is 8.76. The number of carbonyl (C=O) groups is 4. The van der Waals surface area contributed by atoms with E-state index in [9.17, 15) is 24.3 Å². The fraction of sp³-hybridized carbons (Fsp3) is 0.739. The number of rotatable bonds is 5. The van der Waals surface area contributed by atoms with Gasteiger partial charge >= 0.3 is 5.97 Å². The van der Waals surface area contributed by atoms with E-state index < -0.39 is 54.0 Å². The van der Waals surface area contributed by atoms with Gasteiger partial charge in [0.2, 0.25) is 17.7 Å². The Bertz CT molecular complexity index is 769. The van der Waals surface area contributed by atoms with Crippen LogP contribution in [0.2, 0.25) is 0 Å². The van der Waals surface area contributed by atoms with Gasteiger partial charge in [-0.15, -0.1) is 0 Å². The molecule has 12 heteroatoms. The maximum Gasteiger partial charge on any atom is 0.309 e. The lowest BCUT2D eigenvalue weighted by Crippen LogP contribution is -2.58. The molecule has 0 saturated carbocycles. The lowest BCUT2D eigenvalue weighted by Gasteiger charge is -2.31. The first kappa shape index (κ1) is 29.9. The van der Waals surface area contributed by atoms with Gasteiger partial charge in [0.05, 0.1) is 25.0 Å². The zero-order chi connectivity index (χ0) is 25.8. The Morgan fingerprint density at radius 1 is 1.14 bits per heavy atom. The van der Waals surface area contributed by atoms with E-state index in [0.29, 0.717) is 30.8 Å². The van der Waals surface area contributed by atoms with Gasteiger partial charge in [-0.2, -0.15) is 11.8 Å². The maximum atomic E-state index is 13.3. The molecule has 1 fully saturated rings. The Balaban J connectivity index is 2.46. The fourth-order valence-electron chi connectivity index (χ4n) is 3.74. The third kappa shape index (κ3) is 10.3. The van der Waals surface area contributed by atoms with Crippen LogP contribution >= 0.6 is 33.3 Å². The molecule has 0 aromatic heterocycles. The molecule has 2 bridgehead atoms. The average Bonchev–Trinajstić information content (AvgIpc) is 2.81. The molecule has 0 aromatic rings. The Kier molecular flexibility index (Phi) is 13.4. The Labute approximate surface area is 219 Å². The number of allylic oxidation sites excluding steroid dienone is 1. The van der Waals surface area contributed by atoms with Crippen molar-refractivity contribution in [3.8, 4) is 0 Å². The quantitative estimate of drug-likeness (QED) is 0.230. The highest BCUT2D eigenvalue weighted by atomic mass is 33.1. The van der Waals surface area contributed by atoms with Crippen molar-refractivity contribution in [1.29, 1.82) is 0 Å². The minimum absolute atomic E-state index is 0.122. The SMILES string of the molecule is CCC(C)C1NC(=O)C2CSSCC/C=C\C(CC(=O)NC(CCSC)C(=O)N2)OC(=O)CC1O. The predicted octanol–water partition coefficient (Wildman–Crippen LogP) is 1.65. The summed E-state index contributed by atoms with van der Waals surface area (Å²) >= 11 is 1.55. The van der Waals surface area contributed by atoms with Crippen LogP contribution in [0.1, 0.15) is 46.0 Å². The van der Waals surface area contributed by atoms with Gasteiger partial charge in [0, 0.05) is 11.5 Å². The van der Waals surface area contributed by atoms with Crippen LogP contribution in [0.25, 0.3) is 0 Å². The molecule has 2 heterocycles. The van der Waals surface area contributed by atoms with Crippen LogP contribution < -0.4 is 16.0 Å². The van der Waals surface area contributed by atoms with Gasteiger partial charge in [0.1, 0.15) is 18.2 Å². The molecule has 198 valence electrons. The first-order valence-corrected chi connectivity index (χ1v) is 15.8. The summed E-state index contributed by atoms with van der Waals surface area (Å²) in [4.78, 5) is 51.9. The summed E-state index contributed by atoms with van der Waals surface area (Å²) in [6.45, 7) is 3.82. The monoisotopic (exact) mass is 547 g/mol. The van der Waals surface area contributed by atoms with E-state index in [-0.39, 0.29) is 18.8 Å². The largest absolute Gasteiger partial charge is 0.457 e. The van der Waals surface area contributed by atoms with E-state index in [1.165, 1.54) is 10.8 Å². The molecule has 1 saturated heterocycles. The topological polar surface area (TPSA) is 134 Å². The van der Waals surface area contributed by atoms with Crippen LogP contribution in [-0.4, -0.2) is 82.6 Å². The van der Waals surface area contributed by atoms with Crippen molar-refractivity contribution >= 4 is 57.0 Å². The number of nitrogens with one attached hydrogen (secondary N) is 3. The number of amides is 3. The summed E-state index contributed by atoms with van der Waals surface area (Å²) in [6, 6.07) is -2.39. The molecular formula is C23H37N3O6S3. The van der Waals surface area contributed by atoms with Crippen molar-refractivity contribution in [1.82, 2.24) is 16.0 Å². The lowest BCUT2D eigenvalue weighted by atomic mass is 9.92. The minimum Gasteiger partial charge on any atom is -0.457 e. The second kappa shape index (κ2) is 15.7. The highest BCUT2D eigenvalue weighted by Gasteiger charge is 2.34. The molecule has 2 rings (SSSR count). The molecule has 3 amide bonds. The number of carbonyl (C=O) groups excluding carboxylic acids is 4. The Morgan fingerprint density at radius 3 is 2.63 bits per heavy atom. The van der Waals surface area contributed by atoms with E-state index in [0.717, 1.165) is 5.75 Å². The predicted molar refractivity (Wildman–Crippen MR) is 142 cm³/mol. The van der Waals surface area contributed by atoms with E-state index in [2.05, 4.69) is 16.0 Å². The third-order valence-electron chi connectivity index (χ3n) is 5.96.